The molecule has 1 amide bonds. The third-order valence-electron chi connectivity index (χ3n) is 2.72. The monoisotopic (exact) mass is 323 g/mol. The van der Waals surface area contributed by atoms with Crippen molar-refractivity contribution in [1.82, 2.24) is 5.32 Å². The van der Waals surface area contributed by atoms with Gasteiger partial charge in [0.2, 0.25) is 0 Å². The smallest absolute Gasteiger partial charge is 0.262 e. The highest BCUT2D eigenvalue weighted by atomic mass is 35.7. The minimum absolute atomic E-state index is 0.0178. The lowest BCUT2D eigenvalue weighted by molar-refractivity contribution is 0.0929. The van der Waals surface area contributed by atoms with Gasteiger partial charge in [0.05, 0.1) is 17.7 Å². The first-order valence-electron chi connectivity index (χ1n) is 5.51. The molecule has 1 aromatic carbocycles. The van der Waals surface area contributed by atoms with Crippen LogP contribution in [0.2, 0.25) is 5.02 Å². The fraction of sp³-hybridized carbons (Fsp3) is 0.364. The van der Waals surface area contributed by atoms with Crippen LogP contribution in [0.4, 0.5) is 0 Å². The molecule has 0 aliphatic carbocycles. The predicted octanol–water partition coefficient (Wildman–Crippen LogP) is 1.79. The molecule has 0 bridgehead atoms. The molecule has 1 aliphatic rings. The van der Waals surface area contributed by atoms with Gasteiger partial charge in [-0.05, 0) is 24.6 Å². The molecule has 1 fully saturated rings. The van der Waals surface area contributed by atoms with Gasteiger partial charge in [-0.2, -0.15) is 0 Å². The van der Waals surface area contributed by atoms with E-state index in [1.54, 1.807) is 0 Å². The van der Waals surface area contributed by atoms with E-state index in [0.717, 1.165) is 12.5 Å². The zero-order valence-electron chi connectivity index (χ0n) is 9.73. The molecule has 0 aromatic heterocycles. The van der Waals surface area contributed by atoms with Crippen molar-refractivity contribution in [2.24, 2.45) is 0 Å². The van der Waals surface area contributed by atoms with Gasteiger partial charge in [0.1, 0.15) is 4.90 Å². The highest BCUT2D eigenvalue weighted by Crippen LogP contribution is 2.25. The fourth-order valence-electron chi connectivity index (χ4n) is 1.75. The van der Waals surface area contributed by atoms with Crippen LogP contribution in [0.25, 0.3) is 0 Å². The van der Waals surface area contributed by atoms with Gasteiger partial charge in [-0.15, -0.1) is 0 Å². The van der Waals surface area contributed by atoms with Crippen molar-refractivity contribution in [1.29, 1.82) is 0 Å². The lowest BCUT2D eigenvalue weighted by Crippen LogP contribution is -2.35. The van der Waals surface area contributed by atoms with Gasteiger partial charge >= 0.3 is 0 Å². The van der Waals surface area contributed by atoms with E-state index in [0.29, 0.717) is 13.2 Å². The molecule has 2 rings (SSSR count). The Morgan fingerprint density at radius 1 is 1.42 bits per heavy atom. The molecule has 1 N–H and O–H groups in total. The van der Waals surface area contributed by atoms with Crippen molar-refractivity contribution in [3.63, 3.8) is 0 Å². The quantitative estimate of drug-likeness (QED) is 0.861. The Morgan fingerprint density at radius 3 is 2.74 bits per heavy atom. The molecule has 1 aliphatic heterocycles. The zero-order chi connectivity index (χ0) is 14.0. The maximum Gasteiger partial charge on any atom is 0.262 e. The summed E-state index contributed by atoms with van der Waals surface area (Å²) in [6.07, 6.45) is 0.736. The Hall–Kier alpha value is -0.820. The Labute approximate surface area is 120 Å². The zero-order valence-corrected chi connectivity index (χ0v) is 12.1. The molecule has 1 atom stereocenters. The predicted molar refractivity (Wildman–Crippen MR) is 71.2 cm³/mol. The molecule has 5 nitrogen and oxygen atoms in total. The van der Waals surface area contributed by atoms with Crippen molar-refractivity contribution < 1.29 is 17.9 Å². The minimum atomic E-state index is -3.98. The third kappa shape index (κ3) is 3.60. The van der Waals surface area contributed by atoms with E-state index in [9.17, 15) is 13.2 Å². The van der Waals surface area contributed by atoms with E-state index in [1.165, 1.54) is 12.1 Å². The van der Waals surface area contributed by atoms with E-state index < -0.39 is 9.05 Å². The standard InChI is InChI=1S/C11H11Cl2NO4S/c12-9-2-1-7(5-10(9)19(13,16)17)11(15)14-8-3-4-18-6-8/h1-2,5,8H,3-4,6H2,(H,14,15). The van der Waals surface area contributed by atoms with Crippen LogP contribution in [-0.4, -0.2) is 33.6 Å². The van der Waals surface area contributed by atoms with Crippen LogP contribution in [0.15, 0.2) is 23.1 Å². The highest BCUT2D eigenvalue weighted by molar-refractivity contribution is 8.13. The summed E-state index contributed by atoms with van der Waals surface area (Å²) < 4.78 is 27.7. The van der Waals surface area contributed by atoms with E-state index in [4.69, 9.17) is 27.0 Å². The molecule has 104 valence electrons. The number of benzene rings is 1. The number of amides is 1. The molecule has 0 radical (unpaired) electrons. The average molecular weight is 324 g/mol. The number of hydrogen-bond acceptors (Lipinski definition) is 4. The summed E-state index contributed by atoms with van der Waals surface area (Å²) >= 11 is 5.74. The Kier molecular flexibility index (Phi) is 4.35. The number of nitrogens with one attached hydrogen (secondary N) is 1. The fourth-order valence-corrected chi connectivity index (χ4v) is 3.24. The Bertz CT molecular complexity index is 597. The van der Waals surface area contributed by atoms with Gasteiger partial charge in [0.25, 0.3) is 15.0 Å². The molecular weight excluding hydrogens is 313 g/mol. The van der Waals surface area contributed by atoms with Gasteiger partial charge in [-0.25, -0.2) is 8.42 Å². The van der Waals surface area contributed by atoms with Gasteiger partial charge in [0, 0.05) is 22.9 Å². The third-order valence-corrected chi connectivity index (χ3v) is 4.52. The number of rotatable bonds is 3. The van der Waals surface area contributed by atoms with E-state index in [1.807, 2.05) is 0 Å². The summed E-state index contributed by atoms with van der Waals surface area (Å²) in [6.45, 7) is 1.06. The lowest BCUT2D eigenvalue weighted by Gasteiger charge is -2.11. The second-order valence-electron chi connectivity index (χ2n) is 4.12. The number of hydrogen-bond donors (Lipinski definition) is 1. The first-order valence-corrected chi connectivity index (χ1v) is 8.19. The largest absolute Gasteiger partial charge is 0.379 e. The van der Waals surface area contributed by atoms with Crippen LogP contribution in [-0.2, 0) is 13.8 Å². The Balaban J connectivity index is 2.23. The number of halogens is 2. The summed E-state index contributed by atoms with van der Waals surface area (Å²) in [5.74, 6) is -0.381. The average Bonchev–Trinajstić information content (AvgIpc) is 2.80. The normalized spacial score (nSPS) is 19.4. The van der Waals surface area contributed by atoms with Crippen LogP contribution < -0.4 is 5.32 Å². The van der Waals surface area contributed by atoms with Crippen LogP contribution in [0, 0.1) is 0 Å². The second-order valence-corrected chi connectivity index (χ2v) is 7.06. The van der Waals surface area contributed by atoms with Gasteiger partial charge < -0.3 is 10.1 Å². The molecule has 1 unspecified atom stereocenters. The molecule has 0 saturated carbocycles. The molecule has 1 aromatic rings. The van der Waals surface area contributed by atoms with Crippen LogP contribution in [0.5, 0.6) is 0 Å². The second kappa shape index (κ2) is 5.66. The van der Waals surface area contributed by atoms with E-state index >= 15 is 0 Å². The van der Waals surface area contributed by atoms with Crippen molar-refractivity contribution in [2.75, 3.05) is 13.2 Å². The molecule has 1 saturated heterocycles. The summed E-state index contributed by atoms with van der Waals surface area (Å²) in [5, 5.41) is 2.73. The summed E-state index contributed by atoms with van der Waals surface area (Å²) in [6, 6.07) is 3.88. The number of ether oxygens (including phenoxy) is 1. The first kappa shape index (κ1) is 14.6. The topological polar surface area (TPSA) is 72.5 Å². The maximum absolute atomic E-state index is 11.9. The van der Waals surface area contributed by atoms with Crippen molar-refractivity contribution in [3.8, 4) is 0 Å². The highest BCUT2D eigenvalue weighted by Gasteiger charge is 2.21. The van der Waals surface area contributed by atoms with Crippen LogP contribution in [0.3, 0.4) is 0 Å². The SMILES string of the molecule is O=C(NC1CCOC1)c1ccc(Cl)c(S(=O)(=O)Cl)c1. The summed E-state index contributed by atoms with van der Waals surface area (Å²) in [7, 11) is 1.27. The molecule has 19 heavy (non-hydrogen) atoms. The first-order chi connectivity index (χ1) is 8.88. The molecular formula is C11H11Cl2NO4S. The van der Waals surface area contributed by atoms with Crippen molar-refractivity contribution in [2.45, 2.75) is 17.4 Å². The van der Waals surface area contributed by atoms with Gasteiger partial charge in [-0.1, -0.05) is 11.6 Å². The number of carbonyl (C=O) groups excluding carboxylic acids is 1. The van der Waals surface area contributed by atoms with Crippen molar-refractivity contribution in [3.05, 3.63) is 28.8 Å². The molecule has 0 spiro atoms. The van der Waals surface area contributed by atoms with E-state index in [-0.39, 0.29) is 27.4 Å². The van der Waals surface area contributed by atoms with Crippen LogP contribution in [0.1, 0.15) is 16.8 Å². The number of carbonyl (C=O) groups is 1. The minimum Gasteiger partial charge on any atom is -0.379 e. The molecule has 8 heteroatoms. The summed E-state index contributed by atoms with van der Waals surface area (Å²) in [5.41, 5.74) is 0.190. The van der Waals surface area contributed by atoms with E-state index in [2.05, 4.69) is 5.32 Å². The van der Waals surface area contributed by atoms with Gasteiger partial charge in [-0.3, -0.25) is 4.79 Å². The lowest BCUT2D eigenvalue weighted by atomic mass is 10.2. The molecule has 1 heterocycles. The maximum atomic E-state index is 11.9. The Morgan fingerprint density at radius 2 is 2.16 bits per heavy atom. The van der Waals surface area contributed by atoms with Gasteiger partial charge in [0.15, 0.2) is 0 Å². The van der Waals surface area contributed by atoms with Crippen LogP contribution >= 0.6 is 22.3 Å². The summed E-state index contributed by atoms with van der Waals surface area (Å²) in [4.78, 5) is 11.7. The van der Waals surface area contributed by atoms with Crippen molar-refractivity contribution >= 4 is 37.2 Å².